The van der Waals surface area contributed by atoms with Gasteiger partial charge in [-0.2, -0.15) is 5.26 Å². The van der Waals surface area contributed by atoms with Crippen LogP contribution in [0.3, 0.4) is 0 Å². The zero-order valence-corrected chi connectivity index (χ0v) is 21.8. The number of aromatic nitrogens is 2. The van der Waals surface area contributed by atoms with Gasteiger partial charge in [0.05, 0.1) is 18.3 Å². The summed E-state index contributed by atoms with van der Waals surface area (Å²) in [6.07, 6.45) is 6.63. The number of nitriles is 1. The van der Waals surface area contributed by atoms with Crippen molar-refractivity contribution in [1.82, 2.24) is 9.55 Å². The smallest absolute Gasteiger partial charge is 0.270 e. The lowest BCUT2D eigenvalue weighted by atomic mass is 9.88. The number of fused-ring (bicyclic) bond motifs is 1. The summed E-state index contributed by atoms with van der Waals surface area (Å²) in [5.41, 5.74) is 2.89. The fourth-order valence-electron chi connectivity index (χ4n) is 5.59. The molecule has 0 unspecified atom stereocenters. The van der Waals surface area contributed by atoms with Gasteiger partial charge in [-0.3, -0.25) is 4.79 Å². The highest BCUT2D eigenvalue weighted by atomic mass is 35.5. The van der Waals surface area contributed by atoms with Crippen LogP contribution in [0.15, 0.2) is 41.2 Å². The Labute approximate surface area is 216 Å². The van der Waals surface area contributed by atoms with Gasteiger partial charge in [0.1, 0.15) is 28.1 Å². The number of rotatable bonds is 7. The van der Waals surface area contributed by atoms with Crippen molar-refractivity contribution in [2.24, 2.45) is 13.0 Å². The van der Waals surface area contributed by atoms with Crippen molar-refractivity contribution in [2.75, 3.05) is 30.5 Å². The Balaban J connectivity index is 1.41. The Hall–Kier alpha value is -3.24. The van der Waals surface area contributed by atoms with Crippen molar-refractivity contribution in [3.05, 3.63) is 57.5 Å². The lowest BCUT2D eigenvalue weighted by Gasteiger charge is -2.41. The summed E-state index contributed by atoms with van der Waals surface area (Å²) in [4.78, 5) is 22.2. The first-order valence-electron chi connectivity index (χ1n) is 12.6. The second kappa shape index (κ2) is 10.0. The molecule has 0 radical (unpaired) electrons. The van der Waals surface area contributed by atoms with Crippen molar-refractivity contribution >= 4 is 34.0 Å². The minimum atomic E-state index is -0.307. The van der Waals surface area contributed by atoms with E-state index in [0.29, 0.717) is 27.9 Å². The number of benzene rings is 1. The molecular formula is C28H32ClN5O2. The van der Waals surface area contributed by atoms with E-state index in [1.54, 1.807) is 26.3 Å². The van der Waals surface area contributed by atoms with Gasteiger partial charge in [-0.05, 0) is 68.7 Å². The molecule has 2 saturated carbocycles. The quantitative estimate of drug-likeness (QED) is 0.414. The van der Waals surface area contributed by atoms with Gasteiger partial charge in [-0.1, -0.05) is 17.7 Å². The first-order valence-corrected chi connectivity index (χ1v) is 13.0. The fourth-order valence-corrected chi connectivity index (χ4v) is 5.73. The van der Waals surface area contributed by atoms with Crippen LogP contribution in [-0.4, -0.2) is 42.3 Å². The molecule has 0 aliphatic heterocycles. The molecule has 5 rings (SSSR count). The molecule has 0 spiro atoms. The number of hydrogen-bond acceptors (Lipinski definition) is 6. The number of pyridine rings is 2. The number of anilines is 2. The number of ether oxygens (including phenoxy) is 1. The molecule has 36 heavy (non-hydrogen) atoms. The molecule has 7 nitrogen and oxygen atoms in total. The average Bonchev–Trinajstić information content (AvgIpc) is 3.73. The molecule has 2 aliphatic carbocycles. The van der Waals surface area contributed by atoms with Crippen molar-refractivity contribution in [1.29, 1.82) is 5.26 Å². The molecule has 8 heteroatoms. The monoisotopic (exact) mass is 505 g/mol. The van der Waals surface area contributed by atoms with Crippen LogP contribution in [0, 0.1) is 17.2 Å². The number of aryl methyl sites for hydroxylation is 1. The number of methoxy groups -OCH3 is 1. The largest absolute Gasteiger partial charge is 0.497 e. The summed E-state index contributed by atoms with van der Waals surface area (Å²) in [7, 11) is 5.36. The molecule has 0 bridgehead atoms. The Bertz CT molecular complexity index is 1370. The summed E-state index contributed by atoms with van der Waals surface area (Å²) in [5, 5.41) is 10.3. The van der Waals surface area contributed by atoms with Crippen LogP contribution in [0.2, 0.25) is 5.15 Å². The standard InChI is InChI=1S/C28H32ClN5O2/c1-32(27-23(16-30)28(35)33(2)24-13-14-25(29)31-26(24)27)19-9-11-20(12-10-19)34(17-18-7-8-18)21-5-4-6-22(15-21)36-3/h4-6,13-15,18-20H,7-12,17H2,1-3H3/t19-,20-. The first kappa shape index (κ1) is 24.5. The first-order chi connectivity index (χ1) is 17.4. The van der Waals surface area contributed by atoms with E-state index in [4.69, 9.17) is 16.3 Å². The van der Waals surface area contributed by atoms with Gasteiger partial charge in [-0.25, -0.2) is 4.98 Å². The van der Waals surface area contributed by atoms with E-state index in [0.717, 1.165) is 43.9 Å². The van der Waals surface area contributed by atoms with Crippen LogP contribution >= 0.6 is 11.6 Å². The van der Waals surface area contributed by atoms with Crippen molar-refractivity contribution < 1.29 is 4.74 Å². The minimum Gasteiger partial charge on any atom is -0.497 e. The number of hydrogen-bond donors (Lipinski definition) is 0. The van der Waals surface area contributed by atoms with Gasteiger partial charge in [-0.15, -0.1) is 0 Å². The lowest BCUT2D eigenvalue weighted by molar-refractivity contribution is 0.364. The zero-order valence-electron chi connectivity index (χ0n) is 21.1. The van der Waals surface area contributed by atoms with Crippen molar-refractivity contribution in [3.63, 3.8) is 0 Å². The summed E-state index contributed by atoms with van der Waals surface area (Å²) in [6, 6.07) is 14.7. The molecular weight excluding hydrogens is 474 g/mol. The molecule has 0 N–H and O–H groups in total. The third-order valence-corrected chi connectivity index (χ3v) is 8.05. The van der Waals surface area contributed by atoms with Crippen LogP contribution in [0.25, 0.3) is 11.0 Å². The number of halogens is 1. The van der Waals surface area contributed by atoms with Crippen LogP contribution in [-0.2, 0) is 7.05 Å². The highest BCUT2D eigenvalue weighted by Gasteiger charge is 2.33. The summed E-state index contributed by atoms with van der Waals surface area (Å²) in [6.45, 7) is 1.08. The van der Waals surface area contributed by atoms with E-state index in [1.165, 1.54) is 23.1 Å². The van der Waals surface area contributed by atoms with E-state index in [9.17, 15) is 10.1 Å². The van der Waals surface area contributed by atoms with E-state index in [1.807, 2.05) is 13.1 Å². The maximum Gasteiger partial charge on any atom is 0.270 e. The summed E-state index contributed by atoms with van der Waals surface area (Å²) in [5.74, 6) is 1.66. The molecule has 1 aromatic carbocycles. The fraction of sp³-hybridized carbons (Fsp3) is 0.464. The Morgan fingerprint density at radius 2 is 1.86 bits per heavy atom. The van der Waals surface area contributed by atoms with E-state index < -0.39 is 0 Å². The Kier molecular flexibility index (Phi) is 6.81. The molecule has 2 heterocycles. The summed E-state index contributed by atoms with van der Waals surface area (Å²) < 4.78 is 6.97. The van der Waals surface area contributed by atoms with Gasteiger partial charge < -0.3 is 19.1 Å². The predicted molar refractivity (Wildman–Crippen MR) is 144 cm³/mol. The van der Waals surface area contributed by atoms with Crippen LogP contribution in [0.1, 0.15) is 44.1 Å². The van der Waals surface area contributed by atoms with Gasteiger partial charge in [0, 0.05) is 44.5 Å². The van der Waals surface area contributed by atoms with Gasteiger partial charge >= 0.3 is 0 Å². The molecule has 188 valence electrons. The Morgan fingerprint density at radius 1 is 1.14 bits per heavy atom. The van der Waals surface area contributed by atoms with Crippen molar-refractivity contribution in [3.8, 4) is 11.8 Å². The molecule has 0 atom stereocenters. The highest BCUT2D eigenvalue weighted by molar-refractivity contribution is 6.29. The SMILES string of the molecule is COc1cccc(N(CC2CC2)[C@H]2CC[C@H](N(C)c3c(C#N)c(=O)n(C)c4ccc(Cl)nc34)CC2)c1. The van der Waals surface area contributed by atoms with Gasteiger partial charge in [0.15, 0.2) is 0 Å². The average molecular weight is 506 g/mol. The molecule has 3 aromatic rings. The maximum absolute atomic E-state index is 13.0. The molecule has 0 saturated heterocycles. The third-order valence-electron chi connectivity index (χ3n) is 7.84. The third kappa shape index (κ3) is 4.62. The predicted octanol–water partition coefficient (Wildman–Crippen LogP) is 5.13. The molecule has 2 fully saturated rings. The second-order valence-corrected chi connectivity index (χ2v) is 10.5. The lowest BCUT2D eigenvalue weighted by Crippen LogP contribution is -2.44. The van der Waals surface area contributed by atoms with E-state index in [2.05, 4.69) is 39.1 Å². The normalized spacial score (nSPS) is 19.6. The zero-order chi connectivity index (χ0) is 25.4. The highest BCUT2D eigenvalue weighted by Crippen LogP contribution is 2.38. The molecule has 0 amide bonds. The topological polar surface area (TPSA) is 74.4 Å². The van der Waals surface area contributed by atoms with Gasteiger partial charge in [0.25, 0.3) is 5.56 Å². The second-order valence-electron chi connectivity index (χ2n) is 10.1. The van der Waals surface area contributed by atoms with Crippen LogP contribution in [0.4, 0.5) is 11.4 Å². The van der Waals surface area contributed by atoms with Crippen LogP contribution < -0.4 is 20.1 Å². The van der Waals surface area contributed by atoms with E-state index >= 15 is 0 Å². The maximum atomic E-state index is 13.0. The van der Waals surface area contributed by atoms with Crippen LogP contribution in [0.5, 0.6) is 5.75 Å². The minimum absolute atomic E-state index is 0.121. The van der Waals surface area contributed by atoms with E-state index in [-0.39, 0.29) is 17.2 Å². The van der Waals surface area contributed by atoms with Crippen molar-refractivity contribution in [2.45, 2.75) is 50.6 Å². The number of nitrogens with zero attached hydrogens (tertiary/aromatic N) is 5. The summed E-state index contributed by atoms with van der Waals surface area (Å²) >= 11 is 6.23. The molecule has 2 aliphatic rings. The van der Waals surface area contributed by atoms with Gasteiger partial charge in [0.2, 0.25) is 0 Å². The molecule has 2 aromatic heterocycles. The Morgan fingerprint density at radius 3 is 2.53 bits per heavy atom.